The average Bonchev–Trinajstić information content (AvgIpc) is 2.41. The van der Waals surface area contributed by atoms with Gasteiger partial charge in [0.1, 0.15) is 0 Å². The highest BCUT2D eigenvalue weighted by Crippen LogP contribution is 2.26. The fourth-order valence-corrected chi connectivity index (χ4v) is 2.29. The summed E-state index contributed by atoms with van der Waals surface area (Å²) in [6, 6.07) is 0. The van der Waals surface area contributed by atoms with Crippen molar-refractivity contribution in [3.63, 3.8) is 0 Å². The summed E-state index contributed by atoms with van der Waals surface area (Å²) in [6.07, 6.45) is 2.48. The summed E-state index contributed by atoms with van der Waals surface area (Å²) < 4.78 is 4.78. The van der Waals surface area contributed by atoms with E-state index in [0.717, 1.165) is 22.3 Å². The quantitative estimate of drug-likeness (QED) is 0.479. The van der Waals surface area contributed by atoms with Gasteiger partial charge in [0.2, 0.25) is 0 Å². The third-order valence-electron chi connectivity index (χ3n) is 3.90. The van der Waals surface area contributed by atoms with Crippen LogP contribution in [-0.2, 0) is 9.53 Å². The molecule has 3 nitrogen and oxygen atoms in total. The van der Waals surface area contributed by atoms with E-state index in [0.29, 0.717) is 12.2 Å². The molecule has 0 aromatic heterocycles. The Morgan fingerprint density at radius 1 is 0.850 bits per heavy atom. The van der Waals surface area contributed by atoms with Crippen LogP contribution < -0.4 is 0 Å². The summed E-state index contributed by atoms with van der Waals surface area (Å²) >= 11 is 0. The highest BCUT2D eigenvalue weighted by molar-refractivity contribution is 6.09. The van der Waals surface area contributed by atoms with E-state index < -0.39 is 5.97 Å². The standard InChI is InChI=1S/C17H22O3/c1-7-20-16(19)9-8-15(18)17-13(5)11(3)10(2)12(4)14(17)6/h8-9H,7H2,1-6H3. The number of ketones is 1. The monoisotopic (exact) mass is 274 g/mol. The van der Waals surface area contributed by atoms with Gasteiger partial charge in [-0.05, 0) is 75.4 Å². The van der Waals surface area contributed by atoms with Crippen LogP contribution in [0.2, 0.25) is 0 Å². The van der Waals surface area contributed by atoms with E-state index in [4.69, 9.17) is 4.74 Å². The SMILES string of the molecule is CCOC(=O)C=CC(=O)c1c(C)c(C)c(C)c(C)c1C. The molecule has 0 unspecified atom stereocenters. The lowest BCUT2D eigenvalue weighted by Crippen LogP contribution is -2.08. The topological polar surface area (TPSA) is 43.4 Å². The predicted octanol–water partition coefficient (Wildman–Crippen LogP) is 3.53. The number of rotatable bonds is 4. The Kier molecular flexibility index (Phi) is 5.26. The summed E-state index contributed by atoms with van der Waals surface area (Å²) in [7, 11) is 0. The molecule has 108 valence electrons. The largest absolute Gasteiger partial charge is 0.463 e. The van der Waals surface area contributed by atoms with Gasteiger partial charge in [0.25, 0.3) is 0 Å². The molecule has 1 aromatic carbocycles. The van der Waals surface area contributed by atoms with E-state index >= 15 is 0 Å². The molecular formula is C17H22O3. The molecule has 0 amide bonds. The first-order valence-corrected chi connectivity index (χ1v) is 6.77. The lowest BCUT2D eigenvalue weighted by Gasteiger charge is -2.16. The Bertz CT molecular complexity index is 551. The zero-order valence-electron chi connectivity index (χ0n) is 13.1. The van der Waals surface area contributed by atoms with Gasteiger partial charge in [0, 0.05) is 11.6 Å². The van der Waals surface area contributed by atoms with Gasteiger partial charge in [-0.2, -0.15) is 0 Å². The highest BCUT2D eigenvalue weighted by Gasteiger charge is 2.16. The van der Waals surface area contributed by atoms with Crippen molar-refractivity contribution in [3.05, 3.63) is 45.5 Å². The number of allylic oxidation sites excluding steroid dienone is 1. The second-order valence-corrected chi connectivity index (χ2v) is 4.95. The minimum Gasteiger partial charge on any atom is -0.463 e. The Labute approximate surface area is 120 Å². The number of hydrogen-bond donors (Lipinski definition) is 0. The fourth-order valence-electron chi connectivity index (χ4n) is 2.29. The van der Waals surface area contributed by atoms with Gasteiger partial charge < -0.3 is 4.74 Å². The first kappa shape index (κ1) is 16.2. The molecule has 0 aliphatic rings. The van der Waals surface area contributed by atoms with Crippen molar-refractivity contribution in [2.45, 2.75) is 41.5 Å². The zero-order valence-corrected chi connectivity index (χ0v) is 13.1. The molecule has 0 fully saturated rings. The maximum absolute atomic E-state index is 12.3. The van der Waals surface area contributed by atoms with E-state index in [2.05, 4.69) is 6.92 Å². The molecule has 0 atom stereocenters. The molecule has 0 aliphatic carbocycles. The Morgan fingerprint density at radius 2 is 1.30 bits per heavy atom. The van der Waals surface area contributed by atoms with Crippen molar-refractivity contribution in [1.29, 1.82) is 0 Å². The molecule has 1 rings (SSSR count). The lowest BCUT2D eigenvalue weighted by atomic mass is 9.87. The molecule has 1 aromatic rings. The van der Waals surface area contributed by atoms with Crippen LogP contribution in [0.4, 0.5) is 0 Å². The van der Waals surface area contributed by atoms with Crippen LogP contribution in [0, 0.1) is 34.6 Å². The maximum Gasteiger partial charge on any atom is 0.330 e. The number of hydrogen-bond acceptors (Lipinski definition) is 3. The molecule has 0 bridgehead atoms. The molecule has 0 radical (unpaired) electrons. The van der Waals surface area contributed by atoms with Gasteiger partial charge in [-0.15, -0.1) is 0 Å². The summed E-state index contributed by atoms with van der Waals surface area (Å²) in [5.41, 5.74) is 6.10. The van der Waals surface area contributed by atoms with Crippen LogP contribution in [0.5, 0.6) is 0 Å². The van der Waals surface area contributed by atoms with Gasteiger partial charge in [-0.25, -0.2) is 4.79 Å². The van der Waals surface area contributed by atoms with E-state index in [1.165, 1.54) is 17.7 Å². The van der Waals surface area contributed by atoms with Gasteiger partial charge in [-0.1, -0.05) is 0 Å². The molecule has 0 spiro atoms. The molecule has 0 saturated heterocycles. The smallest absolute Gasteiger partial charge is 0.330 e. The Hall–Kier alpha value is -1.90. The number of benzene rings is 1. The summed E-state index contributed by atoms with van der Waals surface area (Å²) in [5, 5.41) is 0. The molecule has 0 aliphatic heterocycles. The predicted molar refractivity (Wildman–Crippen MR) is 80.2 cm³/mol. The minimum atomic E-state index is -0.489. The summed E-state index contributed by atoms with van der Waals surface area (Å²) in [4.78, 5) is 23.6. The molecule has 0 saturated carbocycles. The van der Waals surface area contributed by atoms with Gasteiger partial charge in [0.05, 0.1) is 6.61 Å². The summed E-state index contributed by atoms with van der Waals surface area (Å²) in [6.45, 7) is 12.0. The number of esters is 1. The molecular weight excluding hydrogens is 252 g/mol. The van der Waals surface area contributed by atoms with Crippen LogP contribution in [0.15, 0.2) is 12.2 Å². The highest BCUT2D eigenvalue weighted by atomic mass is 16.5. The van der Waals surface area contributed by atoms with Crippen molar-refractivity contribution >= 4 is 11.8 Å². The van der Waals surface area contributed by atoms with E-state index in [-0.39, 0.29) is 5.78 Å². The third-order valence-corrected chi connectivity index (χ3v) is 3.90. The fraction of sp³-hybridized carbons (Fsp3) is 0.412. The van der Waals surface area contributed by atoms with Crippen molar-refractivity contribution in [2.75, 3.05) is 6.61 Å². The van der Waals surface area contributed by atoms with Crippen molar-refractivity contribution in [1.82, 2.24) is 0 Å². The lowest BCUT2D eigenvalue weighted by molar-refractivity contribution is -0.137. The first-order valence-electron chi connectivity index (χ1n) is 6.77. The number of ether oxygens (including phenoxy) is 1. The van der Waals surface area contributed by atoms with Crippen LogP contribution in [0.1, 0.15) is 45.1 Å². The maximum atomic E-state index is 12.3. The van der Waals surface area contributed by atoms with Crippen LogP contribution >= 0.6 is 0 Å². The summed E-state index contributed by atoms with van der Waals surface area (Å²) in [5.74, 6) is -0.643. The Morgan fingerprint density at radius 3 is 1.75 bits per heavy atom. The second-order valence-electron chi connectivity index (χ2n) is 4.95. The average molecular weight is 274 g/mol. The second kappa shape index (κ2) is 6.51. The zero-order chi connectivity index (χ0) is 15.4. The molecule has 0 heterocycles. The van der Waals surface area contributed by atoms with Crippen LogP contribution in [-0.4, -0.2) is 18.4 Å². The van der Waals surface area contributed by atoms with Gasteiger partial charge in [0.15, 0.2) is 5.78 Å². The van der Waals surface area contributed by atoms with Crippen molar-refractivity contribution in [3.8, 4) is 0 Å². The molecule has 0 N–H and O–H groups in total. The number of carbonyl (C=O) groups excluding carboxylic acids is 2. The normalized spacial score (nSPS) is 10.9. The van der Waals surface area contributed by atoms with Crippen molar-refractivity contribution in [2.24, 2.45) is 0 Å². The molecule has 3 heteroatoms. The Balaban J connectivity index is 3.21. The number of carbonyl (C=O) groups is 2. The van der Waals surface area contributed by atoms with E-state index in [9.17, 15) is 9.59 Å². The van der Waals surface area contributed by atoms with E-state index in [1.54, 1.807) is 6.92 Å². The molecule has 20 heavy (non-hydrogen) atoms. The first-order chi connectivity index (χ1) is 9.31. The van der Waals surface area contributed by atoms with Crippen LogP contribution in [0.3, 0.4) is 0 Å². The van der Waals surface area contributed by atoms with Gasteiger partial charge >= 0.3 is 5.97 Å². The van der Waals surface area contributed by atoms with E-state index in [1.807, 2.05) is 27.7 Å². The third kappa shape index (κ3) is 3.16. The van der Waals surface area contributed by atoms with Gasteiger partial charge in [-0.3, -0.25) is 4.79 Å². The van der Waals surface area contributed by atoms with Crippen molar-refractivity contribution < 1.29 is 14.3 Å². The minimum absolute atomic E-state index is 0.153. The van der Waals surface area contributed by atoms with Crippen LogP contribution in [0.25, 0.3) is 0 Å².